The van der Waals surface area contributed by atoms with Crippen LogP contribution < -0.4 is 14.8 Å². The topological polar surface area (TPSA) is 97.8 Å². The molecule has 1 atom stereocenters. The zero-order chi connectivity index (χ0) is 26.6. The summed E-state index contributed by atoms with van der Waals surface area (Å²) >= 11 is 0. The van der Waals surface area contributed by atoms with E-state index in [0.717, 1.165) is 36.2 Å². The minimum atomic E-state index is -4.85. The SMILES string of the molecule is Fc1ccccc1OC(F)(F)F.O=C(NC1CCOc2cccnc21)c1ccc(C(=O)O)c(C2CC2)c1. The molecule has 2 aromatic carbocycles. The number of hydrogen-bond acceptors (Lipinski definition) is 5. The van der Waals surface area contributed by atoms with E-state index in [2.05, 4.69) is 15.0 Å². The highest BCUT2D eigenvalue weighted by molar-refractivity contribution is 5.97. The van der Waals surface area contributed by atoms with Gasteiger partial charge >= 0.3 is 12.3 Å². The Morgan fingerprint density at radius 2 is 1.81 bits per heavy atom. The van der Waals surface area contributed by atoms with Gasteiger partial charge in [0.15, 0.2) is 11.6 Å². The van der Waals surface area contributed by atoms with Gasteiger partial charge in [0.1, 0.15) is 11.4 Å². The number of para-hydroxylation sites is 1. The van der Waals surface area contributed by atoms with E-state index in [1.807, 2.05) is 6.07 Å². The summed E-state index contributed by atoms with van der Waals surface area (Å²) in [6.07, 6.45) is -0.564. The summed E-state index contributed by atoms with van der Waals surface area (Å²) in [4.78, 5) is 28.4. The molecule has 11 heteroatoms. The fourth-order valence-corrected chi connectivity index (χ4v) is 3.88. The molecule has 1 unspecified atom stereocenters. The van der Waals surface area contributed by atoms with Crippen LogP contribution in [0.2, 0.25) is 0 Å². The number of halogens is 4. The second-order valence-electron chi connectivity index (χ2n) is 8.41. The molecule has 1 aliphatic heterocycles. The molecule has 0 spiro atoms. The number of pyridine rings is 1. The number of carboxylic acids is 1. The van der Waals surface area contributed by atoms with Gasteiger partial charge < -0.3 is 19.9 Å². The number of ether oxygens (including phenoxy) is 2. The van der Waals surface area contributed by atoms with Crippen LogP contribution in [0, 0.1) is 5.82 Å². The van der Waals surface area contributed by atoms with Crippen LogP contribution in [0.1, 0.15) is 63.2 Å². The van der Waals surface area contributed by atoms with Crippen molar-refractivity contribution in [3.8, 4) is 11.5 Å². The first kappa shape index (κ1) is 25.9. The Morgan fingerprint density at radius 3 is 2.49 bits per heavy atom. The van der Waals surface area contributed by atoms with Crippen molar-refractivity contribution in [1.29, 1.82) is 0 Å². The highest BCUT2D eigenvalue weighted by atomic mass is 19.4. The second kappa shape index (κ2) is 10.9. The molecular formula is C26H22F4N2O5. The van der Waals surface area contributed by atoms with Crippen molar-refractivity contribution < 1.29 is 41.7 Å². The molecule has 7 nitrogen and oxygen atoms in total. The highest BCUT2D eigenvalue weighted by Gasteiger charge is 2.32. The molecule has 37 heavy (non-hydrogen) atoms. The molecule has 1 amide bonds. The van der Waals surface area contributed by atoms with Gasteiger partial charge in [0.25, 0.3) is 5.91 Å². The number of aromatic nitrogens is 1. The predicted molar refractivity (Wildman–Crippen MR) is 123 cm³/mol. The monoisotopic (exact) mass is 518 g/mol. The number of fused-ring (bicyclic) bond motifs is 1. The van der Waals surface area contributed by atoms with Crippen molar-refractivity contribution in [1.82, 2.24) is 10.3 Å². The summed E-state index contributed by atoms with van der Waals surface area (Å²) in [5.41, 5.74) is 2.25. The second-order valence-corrected chi connectivity index (χ2v) is 8.41. The number of rotatable bonds is 5. The summed E-state index contributed by atoms with van der Waals surface area (Å²) in [6, 6.07) is 12.6. The average Bonchev–Trinajstić information content (AvgIpc) is 3.70. The number of benzene rings is 2. The van der Waals surface area contributed by atoms with Gasteiger partial charge in [-0.25, -0.2) is 9.18 Å². The standard InChI is InChI=1S/C19H18N2O4.C7H4F4O/c22-18(21-15-7-9-25-16-2-1-8-20-17(15)16)12-5-6-13(19(23)24)14(10-12)11-3-4-11;8-5-3-1-2-4-6(5)12-7(9,10)11/h1-2,5-6,8,10-11,15H,3-4,7,9H2,(H,21,22)(H,23,24);1-4H. The molecule has 0 saturated heterocycles. The van der Waals surface area contributed by atoms with E-state index < -0.39 is 23.9 Å². The van der Waals surface area contributed by atoms with Crippen LogP contribution >= 0.6 is 0 Å². The lowest BCUT2D eigenvalue weighted by Crippen LogP contribution is -2.33. The highest BCUT2D eigenvalue weighted by Crippen LogP contribution is 2.42. The van der Waals surface area contributed by atoms with Crippen LogP contribution in [0.4, 0.5) is 17.6 Å². The number of nitrogens with one attached hydrogen (secondary N) is 1. The Labute approximate surface area is 209 Å². The van der Waals surface area contributed by atoms with Crippen LogP contribution in [0.5, 0.6) is 11.5 Å². The molecule has 194 valence electrons. The number of aromatic carboxylic acids is 1. The third-order valence-corrected chi connectivity index (χ3v) is 5.72. The molecule has 0 bridgehead atoms. The van der Waals surface area contributed by atoms with E-state index in [1.165, 1.54) is 18.2 Å². The molecule has 2 N–H and O–H groups in total. The van der Waals surface area contributed by atoms with Crippen molar-refractivity contribution in [2.75, 3.05) is 6.61 Å². The number of nitrogens with zero attached hydrogens (tertiary/aromatic N) is 1. The van der Waals surface area contributed by atoms with Crippen molar-refractivity contribution in [2.45, 2.75) is 37.6 Å². The lowest BCUT2D eigenvalue weighted by Gasteiger charge is -2.25. The van der Waals surface area contributed by atoms with E-state index >= 15 is 0 Å². The number of carboxylic acid groups (broad SMARTS) is 1. The van der Waals surface area contributed by atoms with Crippen LogP contribution in [-0.2, 0) is 0 Å². The molecule has 3 aromatic rings. The Morgan fingerprint density at radius 1 is 1.05 bits per heavy atom. The first-order chi connectivity index (χ1) is 17.6. The number of amides is 1. The summed E-state index contributed by atoms with van der Waals surface area (Å²) < 4.78 is 56.0. The average molecular weight is 518 g/mol. The Kier molecular flexibility index (Phi) is 7.61. The molecule has 0 radical (unpaired) electrons. The zero-order valence-electron chi connectivity index (χ0n) is 19.3. The number of hydrogen-bond donors (Lipinski definition) is 2. The minimum absolute atomic E-state index is 0.207. The first-order valence-corrected chi connectivity index (χ1v) is 11.4. The van der Waals surface area contributed by atoms with Gasteiger partial charge in [-0.3, -0.25) is 9.78 Å². The molecule has 1 aromatic heterocycles. The predicted octanol–water partition coefficient (Wildman–Crippen LogP) is 5.64. The van der Waals surface area contributed by atoms with Gasteiger partial charge in [0, 0.05) is 18.2 Å². The smallest absolute Gasteiger partial charge is 0.491 e. The number of carbonyl (C=O) groups excluding carboxylic acids is 1. The van der Waals surface area contributed by atoms with Gasteiger partial charge in [-0.15, -0.1) is 13.2 Å². The molecule has 1 saturated carbocycles. The van der Waals surface area contributed by atoms with Crippen molar-refractivity contribution in [2.24, 2.45) is 0 Å². The molecular weight excluding hydrogens is 496 g/mol. The Balaban J connectivity index is 0.000000225. The van der Waals surface area contributed by atoms with Crippen molar-refractivity contribution >= 4 is 11.9 Å². The van der Waals surface area contributed by atoms with E-state index in [4.69, 9.17) is 4.74 Å². The minimum Gasteiger partial charge on any atom is -0.491 e. The molecule has 1 aliphatic carbocycles. The maximum absolute atomic E-state index is 12.7. The largest absolute Gasteiger partial charge is 0.573 e. The zero-order valence-corrected chi connectivity index (χ0v) is 19.3. The fourth-order valence-electron chi connectivity index (χ4n) is 3.88. The maximum Gasteiger partial charge on any atom is 0.573 e. The summed E-state index contributed by atoms with van der Waals surface area (Å²) in [7, 11) is 0. The normalized spacial score (nSPS) is 16.4. The Hall–Kier alpha value is -4.15. The number of alkyl halides is 3. The molecule has 5 rings (SSSR count). The third kappa shape index (κ3) is 6.75. The van der Waals surface area contributed by atoms with Crippen LogP contribution in [0.15, 0.2) is 60.8 Å². The summed E-state index contributed by atoms with van der Waals surface area (Å²) in [5.74, 6) is -2.07. The van der Waals surface area contributed by atoms with Crippen LogP contribution in [0.3, 0.4) is 0 Å². The molecule has 1 fully saturated rings. The lowest BCUT2D eigenvalue weighted by atomic mass is 9.99. The fraction of sp³-hybridized carbons (Fsp3) is 0.269. The lowest BCUT2D eigenvalue weighted by molar-refractivity contribution is -0.275. The first-order valence-electron chi connectivity index (χ1n) is 11.4. The van der Waals surface area contributed by atoms with E-state index in [0.29, 0.717) is 24.3 Å². The third-order valence-electron chi connectivity index (χ3n) is 5.72. The maximum atomic E-state index is 12.7. The van der Waals surface area contributed by atoms with Crippen molar-refractivity contribution in [3.63, 3.8) is 0 Å². The molecule has 2 aliphatic rings. The van der Waals surface area contributed by atoms with Gasteiger partial charge in [0.05, 0.1) is 18.2 Å². The van der Waals surface area contributed by atoms with Gasteiger partial charge in [-0.1, -0.05) is 12.1 Å². The van der Waals surface area contributed by atoms with E-state index in [-0.39, 0.29) is 23.4 Å². The molecule has 2 heterocycles. The van der Waals surface area contributed by atoms with Gasteiger partial charge in [0.2, 0.25) is 0 Å². The summed E-state index contributed by atoms with van der Waals surface area (Å²) in [6.45, 7) is 0.523. The van der Waals surface area contributed by atoms with Crippen LogP contribution in [0.25, 0.3) is 0 Å². The Bertz CT molecular complexity index is 1290. The van der Waals surface area contributed by atoms with Gasteiger partial charge in [-0.05, 0) is 66.8 Å². The summed E-state index contributed by atoms with van der Waals surface area (Å²) in [5, 5.41) is 12.3. The quantitative estimate of drug-likeness (QED) is 0.425. The van der Waals surface area contributed by atoms with Gasteiger partial charge in [-0.2, -0.15) is 0 Å². The van der Waals surface area contributed by atoms with Crippen molar-refractivity contribution in [3.05, 3.63) is 89.0 Å². The van der Waals surface area contributed by atoms with Crippen LogP contribution in [-0.4, -0.2) is 34.9 Å². The van der Waals surface area contributed by atoms with E-state index in [9.17, 15) is 32.3 Å². The number of carbonyl (C=O) groups is 2. The van der Waals surface area contributed by atoms with E-state index in [1.54, 1.807) is 24.4 Å².